The lowest BCUT2D eigenvalue weighted by molar-refractivity contribution is 0.0986. The van der Waals surface area contributed by atoms with Crippen LogP contribution in [0.5, 0.6) is 11.5 Å². The molecule has 0 amide bonds. The van der Waals surface area contributed by atoms with Gasteiger partial charge in [-0.3, -0.25) is 0 Å². The fourth-order valence-corrected chi connectivity index (χ4v) is 5.30. The highest BCUT2D eigenvalue weighted by atomic mass is 16.6. The van der Waals surface area contributed by atoms with Crippen molar-refractivity contribution in [3.63, 3.8) is 0 Å². The second kappa shape index (κ2) is 10.4. The van der Waals surface area contributed by atoms with Gasteiger partial charge in [0.25, 0.3) is 0 Å². The molecule has 4 heteroatoms. The molecule has 0 radical (unpaired) electrons. The molecule has 0 saturated carbocycles. The van der Waals surface area contributed by atoms with Gasteiger partial charge in [0.05, 0.1) is 0 Å². The summed E-state index contributed by atoms with van der Waals surface area (Å²) in [4.78, 5) is 0. The summed E-state index contributed by atoms with van der Waals surface area (Å²) in [5.41, 5.74) is 5.88. The van der Waals surface area contributed by atoms with Crippen molar-refractivity contribution in [1.82, 2.24) is 0 Å². The molecule has 0 heterocycles. The van der Waals surface area contributed by atoms with E-state index in [1.54, 1.807) is 0 Å². The van der Waals surface area contributed by atoms with Crippen molar-refractivity contribution in [3.8, 4) is 44.9 Å². The number of benzene rings is 6. The lowest BCUT2D eigenvalue weighted by Gasteiger charge is -2.21. The summed E-state index contributed by atoms with van der Waals surface area (Å²) in [6.45, 7) is -0.823. The van der Waals surface area contributed by atoms with Gasteiger partial charge in [-0.2, -0.15) is 0 Å². The van der Waals surface area contributed by atoms with Crippen molar-refractivity contribution in [2.24, 2.45) is 0 Å². The topological polar surface area (TPSA) is 58.9 Å². The molecule has 0 bridgehead atoms. The Labute approximate surface area is 221 Å². The number of aliphatic hydroxyl groups excluding tert-OH is 2. The molecular weight excluding hydrogens is 472 g/mol. The van der Waals surface area contributed by atoms with Crippen LogP contribution in [0.1, 0.15) is 0 Å². The van der Waals surface area contributed by atoms with Gasteiger partial charge in [-0.25, -0.2) is 0 Å². The average molecular weight is 499 g/mol. The lowest BCUT2D eigenvalue weighted by Crippen LogP contribution is -1.99. The van der Waals surface area contributed by atoms with Gasteiger partial charge in [0.15, 0.2) is 13.6 Å². The van der Waals surface area contributed by atoms with E-state index in [-0.39, 0.29) is 0 Å². The van der Waals surface area contributed by atoms with E-state index in [0.29, 0.717) is 11.5 Å². The Morgan fingerprint density at radius 2 is 0.789 bits per heavy atom. The largest absolute Gasteiger partial charge is 0.467 e. The number of hydrogen-bond donors (Lipinski definition) is 2. The Bertz CT molecular complexity index is 1620. The van der Waals surface area contributed by atoms with Crippen LogP contribution in [0.15, 0.2) is 121 Å². The maximum atomic E-state index is 9.61. The molecule has 6 rings (SSSR count). The van der Waals surface area contributed by atoms with Crippen LogP contribution >= 0.6 is 0 Å². The predicted octanol–water partition coefficient (Wildman–Crippen LogP) is 7.65. The normalized spacial score (nSPS) is 11.1. The Morgan fingerprint density at radius 3 is 1.24 bits per heavy atom. The number of hydrogen-bond acceptors (Lipinski definition) is 4. The van der Waals surface area contributed by atoms with E-state index < -0.39 is 13.6 Å². The quantitative estimate of drug-likeness (QED) is 0.222. The molecular formula is C34H26O4. The summed E-state index contributed by atoms with van der Waals surface area (Å²) in [5, 5.41) is 23.6. The monoisotopic (exact) mass is 498 g/mol. The standard InChI is InChI=1S/C34H26O4/c35-21-37-31-15-7-5-13-27(31)29-19-17-23-9-1-3-11-25(23)33(29)34-26-12-4-2-10-24(26)18-20-30(34)28-14-6-8-16-32(28)38-22-36/h1-20,35-36H,21-22H2. The first kappa shape index (κ1) is 23.7. The zero-order chi connectivity index (χ0) is 25.9. The molecule has 2 N–H and O–H groups in total. The van der Waals surface area contributed by atoms with E-state index in [2.05, 4.69) is 60.7 Å². The molecule has 0 aliphatic rings. The lowest BCUT2D eigenvalue weighted by atomic mass is 9.83. The number of fused-ring (bicyclic) bond motifs is 2. The predicted molar refractivity (Wildman–Crippen MR) is 153 cm³/mol. The van der Waals surface area contributed by atoms with Crippen molar-refractivity contribution in [2.45, 2.75) is 0 Å². The fourth-order valence-electron chi connectivity index (χ4n) is 5.30. The van der Waals surface area contributed by atoms with E-state index in [4.69, 9.17) is 9.47 Å². The molecule has 186 valence electrons. The minimum absolute atomic E-state index is 0.411. The second-order valence-electron chi connectivity index (χ2n) is 8.96. The van der Waals surface area contributed by atoms with Crippen LogP contribution in [-0.4, -0.2) is 23.8 Å². The zero-order valence-corrected chi connectivity index (χ0v) is 20.7. The molecule has 0 aromatic heterocycles. The molecule has 6 aromatic rings. The molecule has 4 nitrogen and oxygen atoms in total. The van der Waals surface area contributed by atoms with Gasteiger partial charge in [0.1, 0.15) is 11.5 Å². The number of rotatable bonds is 7. The molecule has 0 fully saturated rings. The minimum Gasteiger partial charge on any atom is -0.467 e. The van der Waals surface area contributed by atoms with Crippen molar-refractivity contribution < 1.29 is 19.7 Å². The Hall–Kier alpha value is -4.64. The molecule has 0 saturated heterocycles. The Balaban J connectivity index is 1.79. The van der Waals surface area contributed by atoms with Gasteiger partial charge in [0, 0.05) is 11.1 Å². The Morgan fingerprint density at radius 1 is 0.395 bits per heavy atom. The van der Waals surface area contributed by atoms with Crippen LogP contribution in [0.25, 0.3) is 54.9 Å². The average Bonchev–Trinajstić information content (AvgIpc) is 2.97. The molecule has 0 aliphatic carbocycles. The first-order valence-corrected chi connectivity index (χ1v) is 12.5. The summed E-state index contributed by atoms with van der Waals surface area (Å²) >= 11 is 0. The third-order valence-electron chi connectivity index (χ3n) is 6.90. The van der Waals surface area contributed by atoms with Gasteiger partial charge >= 0.3 is 0 Å². The SMILES string of the molecule is OCOc1ccccc1-c1ccc2ccccc2c1-c1c(-c2ccccc2OCO)ccc2ccccc12. The first-order chi connectivity index (χ1) is 18.8. The van der Waals surface area contributed by atoms with Crippen LogP contribution < -0.4 is 9.47 Å². The van der Waals surface area contributed by atoms with Crippen molar-refractivity contribution >= 4 is 21.5 Å². The second-order valence-corrected chi connectivity index (χ2v) is 8.96. The fraction of sp³-hybridized carbons (Fsp3) is 0.0588. The van der Waals surface area contributed by atoms with Gasteiger partial charge < -0.3 is 19.7 Å². The highest BCUT2D eigenvalue weighted by molar-refractivity contribution is 6.15. The highest BCUT2D eigenvalue weighted by Gasteiger charge is 2.21. The zero-order valence-electron chi connectivity index (χ0n) is 20.7. The first-order valence-electron chi connectivity index (χ1n) is 12.5. The van der Waals surface area contributed by atoms with Crippen LogP contribution in [0.4, 0.5) is 0 Å². The summed E-state index contributed by atoms with van der Waals surface area (Å²) in [5.74, 6) is 1.22. The maximum Gasteiger partial charge on any atom is 0.186 e. The van der Waals surface area contributed by atoms with E-state index in [9.17, 15) is 10.2 Å². The molecule has 38 heavy (non-hydrogen) atoms. The van der Waals surface area contributed by atoms with E-state index in [1.807, 2.05) is 60.7 Å². The van der Waals surface area contributed by atoms with Crippen LogP contribution in [-0.2, 0) is 0 Å². The van der Waals surface area contributed by atoms with E-state index >= 15 is 0 Å². The van der Waals surface area contributed by atoms with Gasteiger partial charge in [-0.1, -0.05) is 109 Å². The van der Waals surface area contributed by atoms with Crippen molar-refractivity contribution in [3.05, 3.63) is 121 Å². The number of aliphatic hydroxyl groups is 2. The third kappa shape index (κ3) is 4.16. The maximum absolute atomic E-state index is 9.61. The summed E-state index contributed by atoms with van der Waals surface area (Å²) < 4.78 is 11.3. The van der Waals surface area contributed by atoms with Crippen LogP contribution in [0, 0.1) is 0 Å². The Kier molecular flexibility index (Phi) is 6.49. The summed E-state index contributed by atoms with van der Waals surface area (Å²) in [6, 6.07) is 40.8. The van der Waals surface area contributed by atoms with E-state index in [0.717, 1.165) is 54.9 Å². The highest BCUT2D eigenvalue weighted by Crippen LogP contribution is 2.48. The van der Waals surface area contributed by atoms with Crippen molar-refractivity contribution in [2.75, 3.05) is 13.6 Å². The third-order valence-corrected chi connectivity index (χ3v) is 6.90. The molecule has 0 atom stereocenters. The van der Waals surface area contributed by atoms with E-state index in [1.165, 1.54) is 0 Å². The molecule has 6 aromatic carbocycles. The van der Waals surface area contributed by atoms with Crippen LogP contribution in [0.3, 0.4) is 0 Å². The minimum atomic E-state index is -0.411. The van der Waals surface area contributed by atoms with Crippen LogP contribution in [0.2, 0.25) is 0 Å². The van der Waals surface area contributed by atoms with Crippen molar-refractivity contribution in [1.29, 1.82) is 0 Å². The molecule has 0 spiro atoms. The molecule has 0 aliphatic heterocycles. The summed E-state index contributed by atoms with van der Waals surface area (Å²) in [6.07, 6.45) is 0. The summed E-state index contributed by atoms with van der Waals surface area (Å²) in [7, 11) is 0. The van der Waals surface area contributed by atoms with Gasteiger partial charge in [-0.05, 0) is 55.9 Å². The smallest absolute Gasteiger partial charge is 0.186 e. The van der Waals surface area contributed by atoms with Gasteiger partial charge in [0.2, 0.25) is 0 Å². The van der Waals surface area contributed by atoms with Gasteiger partial charge in [-0.15, -0.1) is 0 Å². The number of ether oxygens (including phenoxy) is 2. The number of para-hydroxylation sites is 2. The molecule has 0 unspecified atom stereocenters.